The minimum absolute atomic E-state index is 2.00. The summed E-state index contributed by atoms with van der Waals surface area (Å²) in [4.78, 5) is 8.00. The van der Waals surface area contributed by atoms with E-state index in [4.69, 9.17) is 4.79 Å². The molecule has 0 saturated carbocycles. The van der Waals surface area contributed by atoms with Gasteiger partial charge in [0.1, 0.15) is 6.79 Å². The van der Waals surface area contributed by atoms with Gasteiger partial charge in [0.25, 0.3) is 0 Å². The van der Waals surface area contributed by atoms with E-state index in [0.717, 1.165) is 0 Å². The standard InChI is InChI=1S/2C2H6.CH2O.CH2S/c4*1-2/h2*1-2H3;2*1H2. The maximum atomic E-state index is 8.00. The molecule has 0 aliphatic heterocycles. The zero-order valence-electron chi connectivity index (χ0n) is 6.23. The van der Waals surface area contributed by atoms with Crippen LogP contribution in [-0.2, 0) is 4.79 Å². The molecule has 0 amide bonds. The molecule has 0 aromatic heterocycles. The Balaban J connectivity index is -0.0000000133. The SMILES string of the molecule is C=O.C=S.CC.CC. The van der Waals surface area contributed by atoms with E-state index in [1.165, 1.54) is 0 Å². The molecule has 0 atom stereocenters. The molecule has 52 valence electrons. The lowest BCUT2D eigenvalue weighted by Crippen LogP contribution is -0.925. The summed E-state index contributed by atoms with van der Waals surface area (Å²) in [5.41, 5.74) is 0. The van der Waals surface area contributed by atoms with Gasteiger partial charge in [-0.25, -0.2) is 0 Å². The molecule has 0 unspecified atom stereocenters. The lowest BCUT2D eigenvalue weighted by Gasteiger charge is -1.07. The van der Waals surface area contributed by atoms with Crippen molar-refractivity contribution >= 4 is 24.9 Å². The molecule has 0 saturated heterocycles. The van der Waals surface area contributed by atoms with Gasteiger partial charge in [0.15, 0.2) is 0 Å². The lowest BCUT2D eigenvalue weighted by atomic mass is 11.0. The van der Waals surface area contributed by atoms with Crippen LogP contribution in [0.4, 0.5) is 0 Å². The molecule has 2 heteroatoms. The van der Waals surface area contributed by atoms with Crippen molar-refractivity contribution in [2.24, 2.45) is 0 Å². The van der Waals surface area contributed by atoms with Crippen LogP contribution in [0.3, 0.4) is 0 Å². The van der Waals surface area contributed by atoms with Crippen LogP contribution in [0, 0.1) is 0 Å². The zero-order chi connectivity index (χ0) is 8.00. The maximum Gasteiger partial charge on any atom is 0.106 e. The molecule has 0 heterocycles. The Labute approximate surface area is 58.1 Å². The van der Waals surface area contributed by atoms with Crippen LogP contribution in [0.5, 0.6) is 0 Å². The van der Waals surface area contributed by atoms with Gasteiger partial charge < -0.3 is 4.79 Å². The highest BCUT2D eigenvalue weighted by atomic mass is 32.1. The molecular weight excluding hydrogens is 120 g/mol. The van der Waals surface area contributed by atoms with Gasteiger partial charge in [-0.2, -0.15) is 0 Å². The molecule has 0 bridgehead atoms. The fourth-order valence-corrected chi connectivity index (χ4v) is 0. The Morgan fingerprint density at radius 2 is 0.875 bits per heavy atom. The molecule has 0 radical (unpaired) electrons. The minimum atomic E-state index is 2.00. The van der Waals surface area contributed by atoms with Crippen molar-refractivity contribution in [2.45, 2.75) is 27.7 Å². The highest BCUT2D eigenvalue weighted by Crippen LogP contribution is 1.15. The maximum absolute atomic E-state index is 8.00. The number of carbonyl (C=O) groups is 1. The largest absolute Gasteiger partial charge is 0.307 e. The first-order valence-electron chi connectivity index (χ1n) is 2.58. The molecule has 1 nitrogen and oxygen atoms in total. The van der Waals surface area contributed by atoms with Crippen LogP contribution < -0.4 is 0 Å². The van der Waals surface area contributed by atoms with Gasteiger partial charge in [-0.15, -0.1) is 0 Å². The van der Waals surface area contributed by atoms with Crippen molar-refractivity contribution in [1.82, 2.24) is 0 Å². The number of hydrogen-bond acceptors (Lipinski definition) is 2. The molecule has 0 aromatic rings. The van der Waals surface area contributed by atoms with Crippen molar-refractivity contribution in [3.05, 3.63) is 0 Å². The van der Waals surface area contributed by atoms with Gasteiger partial charge in [-0.1, -0.05) is 39.9 Å². The fourth-order valence-electron chi connectivity index (χ4n) is 0. The summed E-state index contributed by atoms with van der Waals surface area (Å²) in [5.74, 6) is 2.83. The van der Waals surface area contributed by atoms with Crippen molar-refractivity contribution in [1.29, 1.82) is 0 Å². The molecular formula is C6H16OS. The molecule has 0 aliphatic rings. The topological polar surface area (TPSA) is 17.1 Å². The van der Waals surface area contributed by atoms with Crippen LogP contribution in [0.2, 0.25) is 0 Å². The number of rotatable bonds is 0. The second-order valence-corrected chi connectivity index (χ2v) is 0. The normalized spacial score (nSPS) is 2.50. The van der Waals surface area contributed by atoms with Gasteiger partial charge in [-0.05, 0) is 5.87 Å². The highest BCUT2D eigenvalue weighted by Gasteiger charge is 0.934. The first-order valence-corrected chi connectivity index (χ1v) is 3.15. The Hall–Kier alpha value is -0.240. The van der Waals surface area contributed by atoms with Gasteiger partial charge in [-0.3, -0.25) is 0 Å². The molecule has 0 N–H and O–H groups in total. The van der Waals surface area contributed by atoms with E-state index in [-0.39, 0.29) is 0 Å². The number of thiocarbonyl (C=S) groups is 1. The van der Waals surface area contributed by atoms with E-state index in [1.807, 2.05) is 34.5 Å². The van der Waals surface area contributed by atoms with Crippen LogP contribution >= 0.6 is 12.2 Å². The predicted molar refractivity (Wildman–Crippen MR) is 44.5 cm³/mol. The van der Waals surface area contributed by atoms with Gasteiger partial charge >= 0.3 is 0 Å². The number of carbonyl (C=O) groups excluding carboxylic acids is 1. The predicted octanol–water partition coefficient (Wildman–Crippen LogP) is 2.48. The van der Waals surface area contributed by atoms with E-state index < -0.39 is 0 Å². The Kier molecular flexibility index (Phi) is 12200. The molecule has 0 rings (SSSR count). The third-order valence-corrected chi connectivity index (χ3v) is 0. The molecule has 0 aliphatic carbocycles. The van der Waals surface area contributed by atoms with Crippen LogP contribution in [0.1, 0.15) is 27.7 Å². The van der Waals surface area contributed by atoms with E-state index in [2.05, 4.69) is 18.1 Å². The lowest BCUT2D eigenvalue weighted by molar-refractivity contribution is -0.0979. The second-order valence-electron chi connectivity index (χ2n) is 0. The molecule has 0 aromatic carbocycles. The second kappa shape index (κ2) is 3890. The molecule has 0 spiro atoms. The highest BCUT2D eigenvalue weighted by molar-refractivity contribution is 7.77. The summed E-state index contributed by atoms with van der Waals surface area (Å²) < 4.78 is 0. The van der Waals surface area contributed by atoms with Crippen molar-refractivity contribution in [3.63, 3.8) is 0 Å². The van der Waals surface area contributed by atoms with E-state index >= 15 is 0 Å². The first kappa shape index (κ1) is 25.1. The summed E-state index contributed by atoms with van der Waals surface area (Å²) in [7, 11) is 0. The minimum Gasteiger partial charge on any atom is -0.307 e. The van der Waals surface area contributed by atoms with Gasteiger partial charge in [0.2, 0.25) is 0 Å². The zero-order valence-corrected chi connectivity index (χ0v) is 7.05. The van der Waals surface area contributed by atoms with Crippen molar-refractivity contribution in [2.75, 3.05) is 0 Å². The molecule has 8 heavy (non-hydrogen) atoms. The average Bonchev–Trinajstić information content (AvgIpc) is 2.03. The fraction of sp³-hybridized carbons (Fsp3) is 0.667. The summed E-state index contributed by atoms with van der Waals surface area (Å²) >= 11 is 3.83. The summed E-state index contributed by atoms with van der Waals surface area (Å²) in [5, 5.41) is 0. The van der Waals surface area contributed by atoms with Crippen molar-refractivity contribution < 1.29 is 4.79 Å². The quantitative estimate of drug-likeness (QED) is 0.476. The summed E-state index contributed by atoms with van der Waals surface area (Å²) in [6, 6.07) is 0. The van der Waals surface area contributed by atoms with Crippen LogP contribution in [0.25, 0.3) is 0 Å². The summed E-state index contributed by atoms with van der Waals surface area (Å²) in [6.45, 7) is 10.0. The third-order valence-electron chi connectivity index (χ3n) is 0. The molecule has 0 fully saturated rings. The third kappa shape index (κ3) is 2270. The Bertz CT molecular complexity index is 10.5. The first-order chi connectivity index (χ1) is 4.00. The van der Waals surface area contributed by atoms with E-state index in [9.17, 15) is 0 Å². The summed E-state index contributed by atoms with van der Waals surface area (Å²) in [6.07, 6.45) is 0. The Morgan fingerprint density at radius 3 is 0.875 bits per heavy atom. The van der Waals surface area contributed by atoms with Gasteiger partial charge in [0, 0.05) is 0 Å². The average molecular weight is 136 g/mol. The number of hydrogen-bond donors (Lipinski definition) is 0. The van der Waals surface area contributed by atoms with Crippen LogP contribution in [-0.4, -0.2) is 12.7 Å². The van der Waals surface area contributed by atoms with Crippen molar-refractivity contribution in [3.8, 4) is 0 Å². The van der Waals surface area contributed by atoms with E-state index in [0.29, 0.717) is 0 Å². The Morgan fingerprint density at radius 1 is 0.875 bits per heavy atom. The van der Waals surface area contributed by atoms with Gasteiger partial charge in [0.05, 0.1) is 0 Å². The monoisotopic (exact) mass is 136 g/mol. The van der Waals surface area contributed by atoms with Crippen LogP contribution in [0.15, 0.2) is 0 Å². The smallest absolute Gasteiger partial charge is 0.106 e. The van der Waals surface area contributed by atoms with E-state index in [1.54, 1.807) is 0 Å².